The van der Waals surface area contributed by atoms with Crippen molar-refractivity contribution in [3.63, 3.8) is 0 Å². The smallest absolute Gasteiger partial charge is 0.414 e. The van der Waals surface area contributed by atoms with Crippen molar-refractivity contribution in [3.05, 3.63) is 52.8 Å². The van der Waals surface area contributed by atoms with Gasteiger partial charge in [0.2, 0.25) is 0 Å². The number of esters is 1. The number of carbonyl (C=O) groups is 3. The van der Waals surface area contributed by atoms with Crippen LogP contribution in [0.3, 0.4) is 0 Å². The number of nitrogens with zero attached hydrogens (tertiary/aromatic N) is 1. The number of fused-ring (bicyclic) bond motifs is 1. The normalized spacial score (nSPS) is 21.1. The van der Waals surface area contributed by atoms with Gasteiger partial charge in [0.1, 0.15) is 11.6 Å². The first kappa shape index (κ1) is 29.3. The minimum atomic E-state index is -1.70. The number of halogens is 1. The summed E-state index contributed by atoms with van der Waals surface area (Å²) >= 11 is 0. The number of methoxy groups -OCH3 is 3. The molecule has 2 amide bonds. The van der Waals surface area contributed by atoms with E-state index in [0.717, 1.165) is 36.5 Å². The fourth-order valence-electron chi connectivity index (χ4n) is 6.01. The third-order valence-electron chi connectivity index (χ3n) is 8.07. The Kier molecular flexibility index (Phi) is 9.29. The standard InChI is InChI=1S/C30H37FN2O7/c1-17-8-11-22-24(33(17)30(37)40-4)12-9-19(14-18-6-5-7-20(15-18)29(36)39-3)26(22)32-28(35)27(34)23-16-21(31)10-13-25(23)38-2/h9-10,12-13,16-18,20,27,34H,5-8,11,14-15H2,1-4H3,(H,32,35)/t17-,18-,20+,27?/m0/s1. The Morgan fingerprint density at radius 2 is 1.88 bits per heavy atom. The summed E-state index contributed by atoms with van der Waals surface area (Å²) < 4.78 is 29.3. The maximum absolute atomic E-state index is 14.0. The molecule has 0 spiro atoms. The van der Waals surface area contributed by atoms with Crippen LogP contribution in [-0.2, 0) is 31.9 Å². The maximum atomic E-state index is 14.0. The summed E-state index contributed by atoms with van der Waals surface area (Å²) in [6.07, 6.45) is 2.88. The highest BCUT2D eigenvalue weighted by Gasteiger charge is 2.34. The van der Waals surface area contributed by atoms with Crippen molar-refractivity contribution in [2.45, 2.75) is 64.0 Å². The van der Waals surface area contributed by atoms with Crippen LogP contribution in [0.5, 0.6) is 5.75 Å². The van der Waals surface area contributed by atoms with Crippen molar-refractivity contribution in [3.8, 4) is 5.75 Å². The van der Waals surface area contributed by atoms with Crippen molar-refractivity contribution in [2.75, 3.05) is 31.5 Å². The van der Waals surface area contributed by atoms with Crippen LogP contribution < -0.4 is 15.0 Å². The molecule has 4 rings (SSSR count). The Morgan fingerprint density at radius 1 is 1.10 bits per heavy atom. The van der Waals surface area contributed by atoms with Gasteiger partial charge in [0.05, 0.1) is 32.9 Å². The molecule has 40 heavy (non-hydrogen) atoms. The zero-order valence-electron chi connectivity index (χ0n) is 23.4. The number of rotatable bonds is 7. The molecule has 2 aliphatic rings. The zero-order chi connectivity index (χ0) is 29.0. The van der Waals surface area contributed by atoms with Crippen LogP contribution in [0.15, 0.2) is 30.3 Å². The quantitative estimate of drug-likeness (QED) is 0.465. The Bertz CT molecular complexity index is 1270. The molecule has 4 atom stereocenters. The second kappa shape index (κ2) is 12.7. The van der Waals surface area contributed by atoms with Crippen LogP contribution in [0.4, 0.5) is 20.6 Å². The number of aliphatic hydroxyl groups excluding tert-OH is 1. The van der Waals surface area contributed by atoms with Gasteiger partial charge in [-0.05, 0) is 80.3 Å². The molecule has 2 aromatic rings. The average Bonchev–Trinajstić information content (AvgIpc) is 2.96. The van der Waals surface area contributed by atoms with E-state index in [1.165, 1.54) is 33.5 Å². The van der Waals surface area contributed by atoms with Gasteiger partial charge in [0, 0.05) is 17.3 Å². The molecule has 0 radical (unpaired) electrons. The van der Waals surface area contributed by atoms with Crippen molar-refractivity contribution in [1.29, 1.82) is 0 Å². The van der Waals surface area contributed by atoms with E-state index in [4.69, 9.17) is 14.2 Å². The second-order valence-electron chi connectivity index (χ2n) is 10.6. The van der Waals surface area contributed by atoms with E-state index in [2.05, 4.69) is 5.32 Å². The first-order valence-corrected chi connectivity index (χ1v) is 13.6. The lowest BCUT2D eigenvalue weighted by atomic mass is 9.78. The van der Waals surface area contributed by atoms with Gasteiger partial charge in [-0.25, -0.2) is 9.18 Å². The molecule has 0 bridgehead atoms. The molecule has 1 saturated carbocycles. The summed E-state index contributed by atoms with van der Waals surface area (Å²) in [4.78, 5) is 39.9. The molecule has 0 aromatic heterocycles. The number of amides is 2. The summed E-state index contributed by atoms with van der Waals surface area (Å²) in [5.74, 6) is -1.38. The first-order valence-electron chi connectivity index (χ1n) is 13.6. The Hall–Kier alpha value is -3.66. The molecule has 2 aromatic carbocycles. The molecule has 216 valence electrons. The molecule has 1 aliphatic carbocycles. The van der Waals surface area contributed by atoms with Gasteiger partial charge >= 0.3 is 12.1 Å². The highest BCUT2D eigenvalue weighted by Crippen LogP contribution is 2.41. The highest BCUT2D eigenvalue weighted by molar-refractivity contribution is 5.99. The van der Waals surface area contributed by atoms with Crippen LogP contribution in [0.1, 0.15) is 61.8 Å². The van der Waals surface area contributed by atoms with E-state index in [0.29, 0.717) is 37.1 Å². The van der Waals surface area contributed by atoms with Crippen LogP contribution in [0.2, 0.25) is 0 Å². The van der Waals surface area contributed by atoms with Crippen LogP contribution >= 0.6 is 0 Å². The van der Waals surface area contributed by atoms with Crippen LogP contribution in [-0.4, -0.2) is 50.4 Å². The molecule has 1 unspecified atom stereocenters. The summed E-state index contributed by atoms with van der Waals surface area (Å²) in [5.41, 5.74) is 2.73. The predicted molar refractivity (Wildman–Crippen MR) is 147 cm³/mol. The summed E-state index contributed by atoms with van der Waals surface area (Å²) in [7, 11) is 4.10. The molecule has 2 N–H and O–H groups in total. The lowest BCUT2D eigenvalue weighted by Gasteiger charge is -2.36. The number of aliphatic hydroxyl groups is 1. The number of benzene rings is 2. The van der Waals surface area contributed by atoms with Crippen molar-refractivity contribution >= 4 is 29.3 Å². The number of carbonyl (C=O) groups excluding carboxylic acids is 3. The molecule has 10 heteroatoms. The van der Waals surface area contributed by atoms with E-state index in [-0.39, 0.29) is 35.2 Å². The van der Waals surface area contributed by atoms with E-state index < -0.39 is 23.9 Å². The van der Waals surface area contributed by atoms with Crippen molar-refractivity contribution < 1.29 is 38.1 Å². The number of hydrogen-bond donors (Lipinski definition) is 2. The van der Waals surface area contributed by atoms with Crippen molar-refractivity contribution in [1.82, 2.24) is 0 Å². The van der Waals surface area contributed by atoms with Gasteiger partial charge in [-0.15, -0.1) is 0 Å². The van der Waals surface area contributed by atoms with Gasteiger partial charge < -0.3 is 24.6 Å². The van der Waals surface area contributed by atoms with Crippen molar-refractivity contribution in [2.24, 2.45) is 11.8 Å². The molecular formula is C30H37FN2O7. The highest BCUT2D eigenvalue weighted by atomic mass is 19.1. The fourth-order valence-corrected chi connectivity index (χ4v) is 6.01. The monoisotopic (exact) mass is 556 g/mol. The summed E-state index contributed by atoms with van der Waals surface area (Å²) in [6, 6.07) is 7.23. The third-order valence-corrected chi connectivity index (χ3v) is 8.07. The fraction of sp³-hybridized carbons (Fsp3) is 0.500. The molecule has 9 nitrogen and oxygen atoms in total. The lowest BCUT2D eigenvalue weighted by molar-refractivity contribution is -0.147. The van der Waals surface area contributed by atoms with Gasteiger partial charge in [0.15, 0.2) is 6.10 Å². The molecule has 1 heterocycles. The minimum Gasteiger partial charge on any atom is -0.496 e. The van der Waals surface area contributed by atoms with Gasteiger partial charge in [-0.3, -0.25) is 14.5 Å². The molecule has 1 aliphatic heterocycles. The third kappa shape index (κ3) is 6.06. The predicted octanol–water partition coefficient (Wildman–Crippen LogP) is 4.94. The summed E-state index contributed by atoms with van der Waals surface area (Å²) in [5, 5.41) is 13.8. The number of anilines is 2. The Morgan fingerprint density at radius 3 is 2.58 bits per heavy atom. The first-order chi connectivity index (χ1) is 19.2. The minimum absolute atomic E-state index is 0.00404. The number of hydrogen-bond acceptors (Lipinski definition) is 7. The Balaban J connectivity index is 1.71. The molecule has 1 fully saturated rings. The van der Waals surface area contributed by atoms with Gasteiger partial charge in [-0.2, -0.15) is 0 Å². The SMILES string of the molecule is COC(=O)[C@@H]1CCC[C@@H](Cc2ccc3c(c2NC(=O)C(O)c2cc(F)ccc2OC)CC[C@H](C)N3C(=O)OC)C1. The molecule has 0 saturated heterocycles. The van der Waals surface area contributed by atoms with E-state index in [9.17, 15) is 23.9 Å². The largest absolute Gasteiger partial charge is 0.496 e. The number of nitrogens with one attached hydrogen (secondary N) is 1. The maximum Gasteiger partial charge on any atom is 0.414 e. The topological polar surface area (TPSA) is 114 Å². The number of ether oxygens (including phenoxy) is 3. The average molecular weight is 557 g/mol. The van der Waals surface area contributed by atoms with Gasteiger partial charge in [-0.1, -0.05) is 18.9 Å². The summed E-state index contributed by atoms with van der Waals surface area (Å²) in [6.45, 7) is 1.93. The Labute approximate surface area is 233 Å². The molecular weight excluding hydrogens is 519 g/mol. The van der Waals surface area contributed by atoms with Crippen LogP contribution in [0, 0.1) is 17.7 Å². The van der Waals surface area contributed by atoms with Crippen LogP contribution in [0.25, 0.3) is 0 Å². The lowest BCUT2D eigenvalue weighted by Crippen LogP contribution is -2.42. The van der Waals surface area contributed by atoms with Gasteiger partial charge in [0.25, 0.3) is 5.91 Å². The van der Waals surface area contributed by atoms with E-state index >= 15 is 0 Å². The van der Waals surface area contributed by atoms with E-state index in [1.807, 2.05) is 19.1 Å². The van der Waals surface area contributed by atoms with E-state index in [1.54, 1.807) is 4.90 Å². The zero-order valence-corrected chi connectivity index (χ0v) is 23.4. The second-order valence-corrected chi connectivity index (χ2v) is 10.6.